The molecule has 0 saturated heterocycles. The highest BCUT2D eigenvalue weighted by atomic mass is 16.3. The van der Waals surface area contributed by atoms with Crippen LogP contribution < -0.4 is 0 Å². The van der Waals surface area contributed by atoms with Crippen molar-refractivity contribution in [2.75, 3.05) is 0 Å². The number of hydrogen-bond donors (Lipinski definition) is 0. The highest BCUT2D eigenvalue weighted by molar-refractivity contribution is 6.16. The van der Waals surface area contributed by atoms with Gasteiger partial charge in [-0.2, -0.15) is 0 Å². The molecular formula is C45H28N4O. The van der Waals surface area contributed by atoms with Gasteiger partial charge in [0, 0.05) is 32.8 Å². The Morgan fingerprint density at radius 1 is 0.360 bits per heavy atom. The molecule has 0 aliphatic rings. The molecule has 0 N–H and O–H groups in total. The van der Waals surface area contributed by atoms with Crippen LogP contribution in [0.2, 0.25) is 0 Å². The molecule has 0 amide bonds. The van der Waals surface area contributed by atoms with Crippen LogP contribution in [0.1, 0.15) is 0 Å². The van der Waals surface area contributed by atoms with Crippen LogP contribution in [0.25, 0.3) is 94.7 Å². The number of hydrogen-bond acceptors (Lipinski definition) is 4. The van der Waals surface area contributed by atoms with Crippen LogP contribution >= 0.6 is 0 Å². The Kier molecular flexibility index (Phi) is 6.42. The zero-order chi connectivity index (χ0) is 33.0. The average Bonchev–Trinajstić information content (AvgIpc) is 3.74. The maximum Gasteiger partial charge on any atom is 0.166 e. The molecule has 7 aromatic carbocycles. The van der Waals surface area contributed by atoms with Crippen LogP contribution in [0.3, 0.4) is 0 Å². The SMILES string of the molecule is c1ccc(-c2ccc(-c3nc(-c4ccccc4)nc(-c4ccc5oc6ccccc6c5c4-n4c5ccccc5c5ccccc54)n3)cc2)cc1. The third-order valence-electron chi connectivity index (χ3n) is 9.48. The van der Waals surface area contributed by atoms with E-state index >= 15 is 0 Å². The second kappa shape index (κ2) is 11.4. The monoisotopic (exact) mass is 640 g/mol. The van der Waals surface area contributed by atoms with Gasteiger partial charge < -0.3 is 8.98 Å². The van der Waals surface area contributed by atoms with Gasteiger partial charge in [-0.1, -0.05) is 140 Å². The first kappa shape index (κ1) is 28.2. The summed E-state index contributed by atoms with van der Waals surface area (Å²) in [6.45, 7) is 0. The lowest BCUT2D eigenvalue weighted by molar-refractivity contribution is 0.669. The Labute approximate surface area is 287 Å². The number of furan rings is 1. The molecule has 3 heterocycles. The molecule has 5 nitrogen and oxygen atoms in total. The second-order valence-electron chi connectivity index (χ2n) is 12.4. The van der Waals surface area contributed by atoms with Gasteiger partial charge in [0.05, 0.1) is 22.1 Å². The van der Waals surface area contributed by atoms with Crippen molar-refractivity contribution in [1.82, 2.24) is 19.5 Å². The van der Waals surface area contributed by atoms with E-state index in [4.69, 9.17) is 19.4 Å². The van der Waals surface area contributed by atoms with Crippen molar-refractivity contribution in [3.8, 4) is 51.0 Å². The lowest BCUT2D eigenvalue weighted by Gasteiger charge is -2.16. The smallest absolute Gasteiger partial charge is 0.166 e. The second-order valence-corrected chi connectivity index (χ2v) is 12.4. The lowest BCUT2D eigenvalue weighted by Crippen LogP contribution is -2.04. The van der Waals surface area contributed by atoms with Gasteiger partial charge in [0.15, 0.2) is 17.5 Å². The highest BCUT2D eigenvalue weighted by Crippen LogP contribution is 2.43. The highest BCUT2D eigenvalue weighted by Gasteiger charge is 2.24. The summed E-state index contributed by atoms with van der Waals surface area (Å²) >= 11 is 0. The number of benzene rings is 7. The third-order valence-corrected chi connectivity index (χ3v) is 9.48. The van der Waals surface area contributed by atoms with Crippen molar-refractivity contribution in [2.24, 2.45) is 0 Å². The maximum absolute atomic E-state index is 6.47. The molecule has 0 spiro atoms. The molecule has 50 heavy (non-hydrogen) atoms. The molecule has 0 saturated carbocycles. The molecule has 0 fully saturated rings. The van der Waals surface area contributed by atoms with Gasteiger partial charge in [-0.15, -0.1) is 0 Å². The van der Waals surface area contributed by atoms with Crippen molar-refractivity contribution in [1.29, 1.82) is 0 Å². The minimum Gasteiger partial charge on any atom is -0.456 e. The van der Waals surface area contributed by atoms with E-state index in [0.717, 1.165) is 66.5 Å². The fourth-order valence-electron chi connectivity index (χ4n) is 7.16. The fraction of sp³-hybridized carbons (Fsp3) is 0. The summed E-state index contributed by atoms with van der Waals surface area (Å²) in [4.78, 5) is 15.5. The molecular weight excluding hydrogens is 613 g/mol. The molecule has 3 aromatic heterocycles. The summed E-state index contributed by atoms with van der Waals surface area (Å²) in [7, 11) is 0. The lowest BCUT2D eigenvalue weighted by atomic mass is 10.0. The first-order valence-corrected chi connectivity index (χ1v) is 16.7. The minimum atomic E-state index is 0.588. The summed E-state index contributed by atoms with van der Waals surface area (Å²) < 4.78 is 8.83. The molecule has 234 valence electrons. The first-order valence-electron chi connectivity index (χ1n) is 16.7. The van der Waals surface area contributed by atoms with Gasteiger partial charge in [-0.3, -0.25) is 0 Å². The Morgan fingerprint density at radius 3 is 1.50 bits per heavy atom. The maximum atomic E-state index is 6.47. The Bertz CT molecular complexity index is 2800. The van der Waals surface area contributed by atoms with Crippen molar-refractivity contribution < 1.29 is 4.42 Å². The molecule has 0 atom stereocenters. The van der Waals surface area contributed by atoms with E-state index in [0.29, 0.717) is 17.5 Å². The summed E-state index contributed by atoms with van der Waals surface area (Å²) in [5.74, 6) is 1.81. The van der Waals surface area contributed by atoms with E-state index in [9.17, 15) is 0 Å². The third kappa shape index (κ3) is 4.52. The number of rotatable bonds is 5. The van der Waals surface area contributed by atoms with Gasteiger partial charge in [-0.25, -0.2) is 15.0 Å². The Morgan fingerprint density at radius 2 is 0.840 bits per heavy atom. The van der Waals surface area contributed by atoms with Gasteiger partial charge in [0.1, 0.15) is 11.2 Å². The van der Waals surface area contributed by atoms with Gasteiger partial charge in [-0.05, 0) is 41.5 Å². The van der Waals surface area contributed by atoms with Crippen LogP contribution in [0, 0.1) is 0 Å². The largest absolute Gasteiger partial charge is 0.456 e. The molecule has 0 bridgehead atoms. The van der Waals surface area contributed by atoms with E-state index in [-0.39, 0.29) is 0 Å². The van der Waals surface area contributed by atoms with Crippen LogP contribution in [0.15, 0.2) is 174 Å². The summed E-state index contributed by atoms with van der Waals surface area (Å²) in [5.41, 5.74) is 9.84. The van der Waals surface area contributed by atoms with Crippen LogP contribution in [-0.4, -0.2) is 19.5 Å². The number of para-hydroxylation sites is 3. The average molecular weight is 641 g/mol. The van der Waals surface area contributed by atoms with E-state index < -0.39 is 0 Å². The topological polar surface area (TPSA) is 56.7 Å². The molecule has 0 aliphatic carbocycles. The van der Waals surface area contributed by atoms with Crippen LogP contribution in [0.5, 0.6) is 0 Å². The zero-order valence-electron chi connectivity index (χ0n) is 26.9. The molecule has 0 radical (unpaired) electrons. The van der Waals surface area contributed by atoms with Gasteiger partial charge in [0.2, 0.25) is 0 Å². The van der Waals surface area contributed by atoms with E-state index in [1.54, 1.807) is 0 Å². The predicted octanol–water partition coefficient (Wildman–Crippen LogP) is 11.5. The molecule has 0 unspecified atom stereocenters. The quantitative estimate of drug-likeness (QED) is 0.188. The van der Waals surface area contributed by atoms with Gasteiger partial charge >= 0.3 is 0 Å². The van der Waals surface area contributed by atoms with Crippen molar-refractivity contribution in [2.45, 2.75) is 0 Å². The molecule has 10 aromatic rings. The first-order chi connectivity index (χ1) is 24.8. The Hall–Kier alpha value is -6.85. The minimum absolute atomic E-state index is 0.588. The fourth-order valence-corrected chi connectivity index (χ4v) is 7.16. The number of fused-ring (bicyclic) bond motifs is 6. The zero-order valence-corrected chi connectivity index (χ0v) is 26.9. The number of nitrogens with zero attached hydrogens (tertiary/aromatic N) is 4. The van der Waals surface area contributed by atoms with Gasteiger partial charge in [0.25, 0.3) is 0 Å². The van der Waals surface area contributed by atoms with Crippen LogP contribution in [-0.2, 0) is 0 Å². The standard InChI is InChI=1S/C45H28N4O/c1-3-13-29(14-4-1)30-23-25-32(26-24-30)44-46-43(31-15-5-2-6-16-31)47-45(48-44)36-27-28-40-41(35-19-9-12-22-39(35)50-40)42(36)49-37-20-10-7-17-33(37)34-18-8-11-21-38(34)49/h1-28H. The summed E-state index contributed by atoms with van der Waals surface area (Å²) in [5, 5.41) is 4.41. The van der Waals surface area contributed by atoms with Crippen molar-refractivity contribution in [3.05, 3.63) is 170 Å². The normalized spacial score (nSPS) is 11.6. The summed E-state index contributed by atoms with van der Waals surface area (Å²) in [6.07, 6.45) is 0. The van der Waals surface area contributed by atoms with E-state index in [1.807, 2.05) is 54.6 Å². The van der Waals surface area contributed by atoms with E-state index in [1.165, 1.54) is 10.8 Å². The van der Waals surface area contributed by atoms with Crippen molar-refractivity contribution >= 4 is 43.7 Å². The Balaban J connectivity index is 1.28. The number of aromatic nitrogens is 4. The van der Waals surface area contributed by atoms with Crippen LogP contribution in [0.4, 0.5) is 0 Å². The van der Waals surface area contributed by atoms with Crippen molar-refractivity contribution in [3.63, 3.8) is 0 Å². The predicted molar refractivity (Wildman–Crippen MR) is 203 cm³/mol. The molecule has 5 heteroatoms. The van der Waals surface area contributed by atoms with E-state index in [2.05, 4.69) is 120 Å². The summed E-state index contributed by atoms with van der Waals surface area (Å²) in [6, 6.07) is 58.5. The molecule has 0 aliphatic heterocycles. The molecule has 10 rings (SSSR count).